The van der Waals surface area contributed by atoms with E-state index in [4.69, 9.17) is 11.6 Å². The molecule has 0 atom stereocenters. The van der Waals surface area contributed by atoms with Crippen LogP contribution in [0.3, 0.4) is 0 Å². The third kappa shape index (κ3) is 2.91. The summed E-state index contributed by atoms with van der Waals surface area (Å²) in [6, 6.07) is 3.48. The van der Waals surface area contributed by atoms with E-state index in [0.29, 0.717) is 17.3 Å². The van der Waals surface area contributed by atoms with Gasteiger partial charge in [0, 0.05) is 24.3 Å². The average Bonchev–Trinajstić information content (AvgIpc) is 2.37. The highest BCUT2D eigenvalue weighted by atomic mass is 35.5. The molecule has 0 bridgehead atoms. The number of pyridine rings is 1. The highest BCUT2D eigenvalue weighted by Crippen LogP contribution is 2.16. The number of halogens is 1. The fourth-order valence-electron chi connectivity index (χ4n) is 2.12. The Bertz CT molecular complexity index is 497. The fourth-order valence-corrected chi connectivity index (χ4v) is 2.35. The molecule has 1 aliphatic heterocycles. The molecule has 4 heteroatoms. The molecule has 1 aliphatic rings. The number of aryl methyl sites for hydroxylation is 1. The molecule has 2 rings (SSSR count). The van der Waals surface area contributed by atoms with Crippen molar-refractivity contribution in [1.82, 2.24) is 9.88 Å². The summed E-state index contributed by atoms with van der Waals surface area (Å²) in [6.45, 7) is 5.54. The van der Waals surface area contributed by atoms with Gasteiger partial charge in [0.05, 0.1) is 0 Å². The second kappa shape index (κ2) is 5.53. The Balaban J connectivity index is 2.23. The van der Waals surface area contributed by atoms with E-state index in [9.17, 15) is 4.79 Å². The summed E-state index contributed by atoms with van der Waals surface area (Å²) in [4.78, 5) is 18.4. The number of hydrogen-bond acceptors (Lipinski definition) is 2. The number of nitrogens with zero attached hydrogens (tertiary/aromatic N) is 2. The first-order valence-electron chi connectivity index (χ1n) is 6.21. The lowest BCUT2D eigenvalue weighted by Gasteiger charge is -2.26. The molecule has 0 unspecified atom stereocenters. The fraction of sp³-hybridized carbons (Fsp3) is 0.429. The lowest BCUT2D eigenvalue weighted by Crippen LogP contribution is -2.35. The molecule has 1 amide bonds. The van der Waals surface area contributed by atoms with Gasteiger partial charge in [0.25, 0.3) is 5.91 Å². The van der Waals surface area contributed by atoms with Gasteiger partial charge in [0.15, 0.2) is 0 Å². The number of aromatic nitrogens is 1. The normalized spacial score (nSPS) is 15.5. The summed E-state index contributed by atoms with van der Waals surface area (Å²) in [5.41, 5.74) is 2.74. The van der Waals surface area contributed by atoms with Gasteiger partial charge in [-0.05, 0) is 31.9 Å². The first-order valence-corrected chi connectivity index (χ1v) is 6.59. The van der Waals surface area contributed by atoms with Gasteiger partial charge in [0.1, 0.15) is 5.15 Å². The second-order valence-corrected chi connectivity index (χ2v) is 4.98. The molecular formula is C14H17ClN2O. The van der Waals surface area contributed by atoms with E-state index in [1.54, 1.807) is 6.07 Å². The molecule has 0 aliphatic carbocycles. The predicted molar refractivity (Wildman–Crippen MR) is 72.9 cm³/mol. The number of amides is 1. The zero-order chi connectivity index (χ0) is 13.1. The maximum atomic E-state index is 12.4. The van der Waals surface area contributed by atoms with Crippen LogP contribution in [0.25, 0.3) is 0 Å². The minimum Gasteiger partial charge on any atom is -0.334 e. The van der Waals surface area contributed by atoms with Crippen LogP contribution in [0.1, 0.15) is 36.3 Å². The van der Waals surface area contributed by atoms with E-state index in [0.717, 1.165) is 25.1 Å². The zero-order valence-electron chi connectivity index (χ0n) is 10.7. The molecule has 96 valence electrons. The molecule has 18 heavy (non-hydrogen) atoms. The van der Waals surface area contributed by atoms with E-state index in [1.165, 1.54) is 5.57 Å². The van der Waals surface area contributed by atoms with Crippen molar-refractivity contribution in [1.29, 1.82) is 0 Å². The van der Waals surface area contributed by atoms with Crippen molar-refractivity contribution in [2.75, 3.05) is 13.1 Å². The number of rotatable bonds is 2. The average molecular weight is 265 g/mol. The van der Waals surface area contributed by atoms with Crippen LogP contribution in [0.15, 0.2) is 23.8 Å². The highest BCUT2D eigenvalue weighted by Gasteiger charge is 2.19. The van der Waals surface area contributed by atoms with Gasteiger partial charge in [-0.15, -0.1) is 0 Å². The first kappa shape index (κ1) is 13.1. The first-order chi connectivity index (χ1) is 8.60. The quantitative estimate of drug-likeness (QED) is 0.608. The predicted octanol–water partition coefficient (Wildman–Crippen LogP) is 3.09. The van der Waals surface area contributed by atoms with Crippen LogP contribution in [-0.2, 0) is 6.42 Å². The topological polar surface area (TPSA) is 33.2 Å². The number of hydrogen-bond donors (Lipinski definition) is 0. The van der Waals surface area contributed by atoms with E-state index >= 15 is 0 Å². The SMILES string of the molecule is CCc1cc(C(=O)N2CCC=C(C)C2)cc(Cl)n1. The van der Waals surface area contributed by atoms with Crippen molar-refractivity contribution in [2.45, 2.75) is 26.7 Å². The van der Waals surface area contributed by atoms with E-state index in [2.05, 4.69) is 18.0 Å². The van der Waals surface area contributed by atoms with Crippen LogP contribution in [0.4, 0.5) is 0 Å². The second-order valence-electron chi connectivity index (χ2n) is 4.59. The maximum absolute atomic E-state index is 12.4. The van der Waals surface area contributed by atoms with Gasteiger partial charge in [-0.25, -0.2) is 4.98 Å². The number of carbonyl (C=O) groups excluding carboxylic acids is 1. The molecule has 0 saturated heterocycles. The maximum Gasteiger partial charge on any atom is 0.254 e. The van der Waals surface area contributed by atoms with Gasteiger partial charge < -0.3 is 4.90 Å². The lowest BCUT2D eigenvalue weighted by atomic mass is 10.1. The standard InChI is InChI=1S/C14H17ClN2O/c1-3-12-7-11(8-13(15)16-12)14(18)17-6-4-5-10(2)9-17/h5,7-8H,3-4,6,9H2,1-2H3. The van der Waals surface area contributed by atoms with Crippen LogP contribution in [0, 0.1) is 0 Å². The Morgan fingerprint density at radius 2 is 2.28 bits per heavy atom. The summed E-state index contributed by atoms with van der Waals surface area (Å²) >= 11 is 5.95. The largest absolute Gasteiger partial charge is 0.334 e. The lowest BCUT2D eigenvalue weighted by molar-refractivity contribution is 0.0765. The van der Waals surface area contributed by atoms with Crippen molar-refractivity contribution in [2.24, 2.45) is 0 Å². The minimum absolute atomic E-state index is 0.0430. The van der Waals surface area contributed by atoms with Gasteiger partial charge in [-0.1, -0.05) is 30.2 Å². The van der Waals surface area contributed by atoms with Crippen LogP contribution in [-0.4, -0.2) is 28.9 Å². The van der Waals surface area contributed by atoms with Crippen LogP contribution in [0.5, 0.6) is 0 Å². The van der Waals surface area contributed by atoms with E-state index in [-0.39, 0.29) is 5.91 Å². The number of carbonyl (C=O) groups is 1. The van der Waals surface area contributed by atoms with E-state index < -0.39 is 0 Å². The Kier molecular flexibility index (Phi) is 4.02. The van der Waals surface area contributed by atoms with Gasteiger partial charge in [-0.3, -0.25) is 4.79 Å². The Labute approximate surface area is 112 Å². The molecule has 2 heterocycles. The Hall–Kier alpha value is -1.35. The third-order valence-electron chi connectivity index (χ3n) is 3.08. The summed E-state index contributed by atoms with van der Waals surface area (Å²) < 4.78 is 0. The van der Waals surface area contributed by atoms with Crippen LogP contribution in [0.2, 0.25) is 5.15 Å². The van der Waals surface area contributed by atoms with Crippen molar-refractivity contribution in [3.8, 4) is 0 Å². The van der Waals surface area contributed by atoms with Crippen molar-refractivity contribution < 1.29 is 4.79 Å². The molecule has 0 spiro atoms. The Morgan fingerprint density at radius 3 is 2.94 bits per heavy atom. The molecule has 3 nitrogen and oxygen atoms in total. The molecule has 0 saturated carbocycles. The summed E-state index contributed by atoms with van der Waals surface area (Å²) in [6.07, 6.45) is 3.89. The third-order valence-corrected chi connectivity index (χ3v) is 3.27. The molecule has 0 aromatic carbocycles. The molecule has 0 radical (unpaired) electrons. The smallest absolute Gasteiger partial charge is 0.254 e. The highest BCUT2D eigenvalue weighted by molar-refractivity contribution is 6.29. The van der Waals surface area contributed by atoms with Crippen LogP contribution < -0.4 is 0 Å². The molecule has 1 aromatic heterocycles. The molecule has 0 fully saturated rings. The van der Waals surface area contributed by atoms with Gasteiger partial charge in [0.2, 0.25) is 0 Å². The minimum atomic E-state index is 0.0430. The van der Waals surface area contributed by atoms with Gasteiger partial charge in [-0.2, -0.15) is 0 Å². The van der Waals surface area contributed by atoms with E-state index in [1.807, 2.05) is 17.9 Å². The summed E-state index contributed by atoms with van der Waals surface area (Å²) in [7, 11) is 0. The zero-order valence-corrected chi connectivity index (χ0v) is 11.5. The van der Waals surface area contributed by atoms with Crippen molar-refractivity contribution in [3.63, 3.8) is 0 Å². The molecular weight excluding hydrogens is 248 g/mol. The van der Waals surface area contributed by atoms with Crippen molar-refractivity contribution >= 4 is 17.5 Å². The summed E-state index contributed by atoms with van der Waals surface area (Å²) in [5, 5.41) is 0.391. The Morgan fingerprint density at radius 1 is 1.50 bits per heavy atom. The summed E-state index contributed by atoms with van der Waals surface area (Å²) in [5.74, 6) is 0.0430. The van der Waals surface area contributed by atoms with Gasteiger partial charge >= 0.3 is 0 Å². The monoisotopic (exact) mass is 264 g/mol. The van der Waals surface area contributed by atoms with Crippen molar-refractivity contribution in [3.05, 3.63) is 40.2 Å². The molecule has 1 aromatic rings. The molecule has 0 N–H and O–H groups in total. The van der Waals surface area contributed by atoms with Crippen LogP contribution >= 0.6 is 11.6 Å².